The third-order valence-corrected chi connectivity index (χ3v) is 3.56. The molecule has 0 unspecified atom stereocenters. The molecule has 0 radical (unpaired) electrons. The van der Waals surface area contributed by atoms with Gasteiger partial charge in [0, 0.05) is 17.4 Å². The van der Waals surface area contributed by atoms with Crippen molar-refractivity contribution in [3.8, 4) is 11.3 Å². The first kappa shape index (κ1) is 12.2. The highest BCUT2D eigenvalue weighted by Crippen LogP contribution is 2.26. The number of aromatic nitrogens is 1. The molecule has 0 aliphatic carbocycles. The van der Waals surface area contributed by atoms with Crippen LogP contribution in [0.15, 0.2) is 23.6 Å². The fraction of sp³-hybridized carbons (Fsp3) is 0.308. The molecule has 0 bridgehead atoms. The number of hydrogen-bond acceptors (Lipinski definition) is 4. The Labute approximate surface area is 105 Å². The van der Waals surface area contributed by atoms with Crippen LogP contribution in [0.3, 0.4) is 0 Å². The molecule has 0 amide bonds. The van der Waals surface area contributed by atoms with Crippen LogP contribution in [0, 0.1) is 13.8 Å². The molecule has 1 aromatic heterocycles. The van der Waals surface area contributed by atoms with Crippen LogP contribution in [0.2, 0.25) is 0 Å². The maximum Gasteiger partial charge on any atom is 0.0956 e. The standard InChI is InChI=1S/C13H16N2OS/c1-9-3-4-10(2)11(7-9)12-8-17-13(15-12)5-6-16-14/h3-4,7-8H,5-6,14H2,1-2H3. The SMILES string of the molecule is Cc1ccc(C)c(-c2csc(CCON)n2)c1. The summed E-state index contributed by atoms with van der Waals surface area (Å²) in [6.45, 7) is 4.72. The summed E-state index contributed by atoms with van der Waals surface area (Å²) in [4.78, 5) is 9.17. The van der Waals surface area contributed by atoms with E-state index in [9.17, 15) is 0 Å². The van der Waals surface area contributed by atoms with Gasteiger partial charge in [-0.05, 0) is 25.5 Å². The molecule has 90 valence electrons. The summed E-state index contributed by atoms with van der Waals surface area (Å²) in [6.07, 6.45) is 0.770. The Hall–Kier alpha value is -1.23. The number of aryl methyl sites for hydroxylation is 2. The molecule has 0 atom stereocenters. The van der Waals surface area contributed by atoms with E-state index in [2.05, 4.69) is 47.2 Å². The molecule has 4 heteroatoms. The highest BCUT2D eigenvalue weighted by molar-refractivity contribution is 7.09. The minimum absolute atomic E-state index is 0.514. The fourth-order valence-electron chi connectivity index (χ4n) is 1.71. The van der Waals surface area contributed by atoms with Gasteiger partial charge in [-0.1, -0.05) is 17.7 Å². The van der Waals surface area contributed by atoms with E-state index in [1.165, 1.54) is 16.7 Å². The number of nitrogens with two attached hydrogens (primary N) is 1. The summed E-state index contributed by atoms with van der Waals surface area (Å²) >= 11 is 1.65. The Morgan fingerprint density at radius 3 is 2.94 bits per heavy atom. The molecule has 0 saturated carbocycles. The first-order chi connectivity index (χ1) is 8.20. The van der Waals surface area contributed by atoms with Crippen molar-refractivity contribution in [1.82, 2.24) is 4.98 Å². The van der Waals surface area contributed by atoms with Crippen molar-refractivity contribution in [2.45, 2.75) is 20.3 Å². The minimum atomic E-state index is 0.514. The zero-order valence-corrected chi connectivity index (χ0v) is 10.9. The van der Waals surface area contributed by atoms with Gasteiger partial charge in [0.15, 0.2) is 0 Å². The van der Waals surface area contributed by atoms with Crippen LogP contribution >= 0.6 is 11.3 Å². The van der Waals surface area contributed by atoms with Crippen molar-refractivity contribution in [1.29, 1.82) is 0 Å². The average Bonchev–Trinajstić information content (AvgIpc) is 2.78. The van der Waals surface area contributed by atoms with Gasteiger partial charge in [-0.25, -0.2) is 10.9 Å². The van der Waals surface area contributed by atoms with Gasteiger partial charge in [-0.15, -0.1) is 11.3 Å². The maximum absolute atomic E-state index is 5.02. The molecule has 3 nitrogen and oxygen atoms in total. The Bertz CT molecular complexity index is 508. The van der Waals surface area contributed by atoms with E-state index in [1.54, 1.807) is 11.3 Å². The van der Waals surface area contributed by atoms with Gasteiger partial charge in [0.25, 0.3) is 0 Å². The summed E-state index contributed by atoms with van der Waals surface area (Å²) in [5, 5.41) is 3.15. The lowest BCUT2D eigenvalue weighted by Gasteiger charge is -2.03. The van der Waals surface area contributed by atoms with Gasteiger partial charge in [0.1, 0.15) is 0 Å². The molecule has 0 aliphatic rings. The summed E-state index contributed by atoms with van der Waals surface area (Å²) in [6, 6.07) is 6.43. The van der Waals surface area contributed by atoms with E-state index < -0.39 is 0 Å². The zero-order chi connectivity index (χ0) is 12.3. The predicted octanol–water partition coefficient (Wildman–Crippen LogP) is 2.86. The topological polar surface area (TPSA) is 48.1 Å². The third-order valence-electron chi connectivity index (χ3n) is 2.65. The number of thiazole rings is 1. The van der Waals surface area contributed by atoms with Gasteiger partial charge >= 0.3 is 0 Å². The van der Waals surface area contributed by atoms with E-state index in [0.29, 0.717) is 6.61 Å². The lowest BCUT2D eigenvalue weighted by molar-refractivity contribution is 0.141. The Morgan fingerprint density at radius 1 is 1.35 bits per heavy atom. The first-order valence-corrected chi connectivity index (χ1v) is 6.42. The third kappa shape index (κ3) is 2.91. The molecule has 2 N–H and O–H groups in total. The Balaban J connectivity index is 2.27. The highest BCUT2D eigenvalue weighted by atomic mass is 32.1. The van der Waals surface area contributed by atoms with Gasteiger partial charge < -0.3 is 4.84 Å². The fourth-order valence-corrected chi connectivity index (χ4v) is 2.49. The quantitative estimate of drug-likeness (QED) is 0.846. The molecule has 17 heavy (non-hydrogen) atoms. The number of rotatable bonds is 4. The molecule has 2 aromatic rings. The van der Waals surface area contributed by atoms with Gasteiger partial charge in [-0.3, -0.25) is 0 Å². The summed E-state index contributed by atoms with van der Waals surface area (Å²) in [7, 11) is 0. The lowest BCUT2D eigenvalue weighted by Crippen LogP contribution is -2.03. The van der Waals surface area contributed by atoms with E-state index in [4.69, 9.17) is 5.90 Å². The zero-order valence-electron chi connectivity index (χ0n) is 10.1. The van der Waals surface area contributed by atoms with Crippen molar-refractivity contribution in [3.63, 3.8) is 0 Å². The van der Waals surface area contributed by atoms with Crippen LogP contribution in [0.1, 0.15) is 16.1 Å². The monoisotopic (exact) mass is 248 g/mol. The molecule has 0 aliphatic heterocycles. The molecular weight excluding hydrogens is 232 g/mol. The van der Waals surface area contributed by atoms with E-state index >= 15 is 0 Å². The summed E-state index contributed by atoms with van der Waals surface area (Å²) in [5.74, 6) is 5.02. The first-order valence-electron chi connectivity index (χ1n) is 5.54. The summed E-state index contributed by atoms with van der Waals surface area (Å²) < 4.78 is 0. The van der Waals surface area contributed by atoms with E-state index in [0.717, 1.165) is 17.1 Å². The molecule has 0 saturated heterocycles. The second kappa shape index (κ2) is 5.40. The molecule has 1 heterocycles. The smallest absolute Gasteiger partial charge is 0.0956 e. The second-order valence-corrected chi connectivity index (χ2v) is 5.01. The van der Waals surface area contributed by atoms with Crippen molar-refractivity contribution in [2.24, 2.45) is 5.90 Å². The highest BCUT2D eigenvalue weighted by Gasteiger charge is 2.07. The number of hydrogen-bond donors (Lipinski definition) is 1. The van der Waals surface area contributed by atoms with Crippen molar-refractivity contribution < 1.29 is 4.84 Å². The second-order valence-electron chi connectivity index (χ2n) is 4.07. The average molecular weight is 248 g/mol. The molecule has 2 rings (SSSR count). The molecule has 1 aromatic carbocycles. The number of nitrogens with zero attached hydrogens (tertiary/aromatic N) is 1. The van der Waals surface area contributed by atoms with Gasteiger partial charge in [0.05, 0.1) is 17.3 Å². The van der Waals surface area contributed by atoms with Crippen LogP contribution in [0.5, 0.6) is 0 Å². The molecular formula is C13H16N2OS. The maximum atomic E-state index is 5.02. The van der Waals surface area contributed by atoms with Crippen LogP contribution in [0.4, 0.5) is 0 Å². The van der Waals surface area contributed by atoms with Crippen LogP contribution in [-0.4, -0.2) is 11.6 Å². The largest absolute Gasteiger partial charge is 0.304 e. The summed E-state index contributed by atoms with van der Waals surface area (Å²) in [5.41, 5.74) is 4.76. The minimum Gasteiger partial charge on any atom is -0.304 e. The van der Waals surface area contributed by atoms with Crippen molar-refractivity contribution >= 4 is 11.3 Å². The Morgan fingerprint density at radius 2 is 2.18 bits per heavy atom. The van der Waals surface area contributed by atoms with Gasteiger partial charge in [0.2, 0.25) is 0 Å². The molecule has 0 fully saturated rings. The van der Waals surface area contributed by atoms with E-state index in [-0.39, 0.29) is 0 Å². The van der Waals surface area contributed by atoms with Crippen LogP contribution in [0.25, 0.3) is 11.3 Å². The van der Waals surface area contributed by atoms with Crippen LogP contribution < -0.4 is 5.90 Å². The van der Waals surface area contributed by atoms with Gasteiger partial charge in [-0.2, -0.15) is 0 Å². The Kier molecular flexibility index (Phi) is 3.89. The van der Waals surface area contributed by atoms with Crippen molar-refractivity contribution in [2.75, 3.05) is 6.61 Å². The molecule has 0 spiro atoms. The predicted molar refractivity (Wildman–Crippen MR) is 70.9 cm³/mol. The van der Waals surface area contributed by atoms with Crippen molar-refractivity contribution in [3.05, 3.63) is 39.7 Å². The van der Waals surface area contributed by atoms with E-state index in [1.807, 2.05) is 0 Å². The number of benzene rings is 1. The van der Waals surface area contributed by atoms with Crippen LogP contribution in [-0.2, 0) is 11.3 Å². The normalized spacial score (nSPS) is 10.8. The lowest BCUT2D eigenvalue weighted by atomic mass is 10.0.